The number of esters is 1. The normalized spacial score (nSPS) is 29.5. The predicted molar refractivity (Wildman–Crippen MR) is 130 cm³/mol. The molecule has 1 heterocycles. The molecule has 6 rings (SSSR count). The lowest BCUT2D eigenvalue weighted by atomic mass is 9.48. The third kappa shape index (κ3) is 4.50. The van der Waals surface area contributed by atoms with Crippen LogP contribution in [0.4, 0.5) is 0 Å². The molecule has 1 aromatic carbocycles. The van der Waals surface area contributed by atoms with Gasteiger partial charge in [-0.15, -0.1) is 0 Å². The van der Waals surface area contributed by atoms with Gasteiger partial charge in [-0.3, -0.25) is 19.3 Å². The number of carbonyl (C=O) groups is 4. The molecule has 4 aliphatic carbocycles. The standard InChI is InChI=1S/C28H36N2O5/c1-16(2)6-7-30-25(32)22-5-4-21(11-23(22)26(30)33)27(34)35-15-24(31)29-17(3)28-12-18-8-19(13-28)10-20(9-18)14-28/h4-5,11,16-20H,6-10,12-15H2,1-3H3,(H,29,31)/t17-,18?,19?,20?,28?/m0/s1. The maximum absolute atomic E-state index is 12.7. The zero-order valence-corrected chi connectivity index (χ0v) is 21.0. The lowest BCUT2D eigenvalue weighted by Crippen LogP contribution is -2.56. The number of rotatable bonds is 8. The summed E-state index contributed by atoms with van der Waals surface area (Å²) in [5, 5.41) is 3.11. The SMILES string of the molecule is CC(C)CCN1C(=O)c2ccc(C(=O)OCC(=O)N[C@@H](C)C34CC5CC(CC(C5)C3)C4)cc2C1=O. The van der Waals surface area contributed by atoms with Crippen LogP contribution in [0.25, 0.3) is 0 Å². The summed E-state index contributed by atoms with van der Waals surface area (Å²) in [6, 6.07) is 4.44. The van der Waals surface area contributed by atoms with Gasteiger partial charge in [-0.25, -0.2) is 4.79 Å². The number of carbonyl (C=O) groups excluding carboxylic acids is 4. The van der Waals surface area contributed by atoms with Gasteiger partial charge in [-0.1, -0.05) is 13.8 Å². The minimum atomic E-state index is -0.675. The van der Waals surface area contributed by atoms with Crippen LogP contribution >= 0.6 is 0 Å². The summed E-state index contributed by atoms with van der Waals surface area (Å²) in [7, 11) is 0. The highest BCUT2D eigenvalue weighted by molar-refractivity contribution is 6.22. The predicted octanol–water partition coefficient (Wildman–Crippen LogP) is 4.21. The number of hydrogen-bond acceptors (Lipinski definition) is 5. The van der Waals surface area contributed by atoms with Gasteiger partial charge in [-0.2, -0.15) is 0 Å². The maximum Gasteiger partial charge on any atom is 0.338 e. The Morgan fingerprint density at radius 3 is 2.20 bits per heavy atom. The molecular weight excluding hydrogens is 444 g/mol. The molecule has 0 saturated heterocycles. The van der Waals surface area contributed by atoms with E-state index < -0.39 is 5.97 Å². The van der Waals surface area contributed by atoms with E-state index in [9.17, 15) is 19.2 Å². The van der Waals surface area contributed by atoms with E-state index in [0.29, 0.717) is 18.0 Å². The van der Waals surface area contributed by atoms with Gasteiger partial charge in [0.2, 0.25) is 0 Å². The molecule has 3 amide bonds. The Kier molecular flexibility index (Phi) is 6.22. The third-order valence-corrected chi connectivity index (χ3v) is 8.85. The van der Waals surface area contributed by atoms with Gasteiger partial charge in [0.15, 0.2) is 6.61 Å². The average Bonchev–Trinajstić information content (AvgIpc) is 3.04. The van der Waals surface area contributed by atoms with Crippen molar-refractivity contribution in [3.8, 4) is 0 Å². The van der Waals surface area contributed by atoms with Crippen LogP contribution < -0.4 is 5.32 Å². The second-order valence-corrected chi connectivity index (χ2v) is 11.9. The zero-order chi connectivity index (χ0) is 24.9. The quantitative estimate of drug-likeness (QED) is 0.445. The van der Waals surface area contributed by atoms with Crippen molar-refractivity contribution in [1.82, 2.24) is 10.2 Å². The number of nitrogens with one attached hydrogen (secondary N) is 1. The van der Waals surface area contributed by atoms with E-state index in [1.165, 1.54) is 61.6 Å². The fourth-order valence-electron chi connectivity index (χ4n) is 7.37. The van der Waals surface area contributed by atoms with Gasteiger partial charge < -0.3 is 10.1 Å². The van der Waals surface area contributed by atoms with E-state index in [-0.39, 0.29) is 46.9 Å². The summed E-state index contributed by atoms with van der Waals surface area (Å²) in [6.07, 6.45) is 8.34. The zero-order valence-electron chi connectivity index (χ0n) is 21.0. The van der Waals surface area contributed by atoms with Crippen LogP contribution in [0.15, 0.2) is 18.2 Å². The van der Waals surface area contributed by atoms with E-state index >= 15 is 0 Å². The molecule has 0 aromatic heterocycles. The van der Waals surface area contributed by atoms with Crippen molar-refractivity contribution in [2.24, 2.45) is 29.1 Å². The summed E-state index contributed by atoms with van der Waals surface area (Å²) in [5.41, 5.74) is 0.867. The monoisotopic (exact) mass is 480 g/mol. The van der Waals surface area contributed by atoms with Crippen molar-refractivity contribution in [1.29, 1.82) is 0 Å². The van der Waals surface area contributed by atoms with Crippen LogP contribution in [0.2, 0.25) is 0 Å². The van der Waals surface area contributed by atoms with Crippen molar-refractivity contribution < 1.29 is 23.9 Å². The first kappa shape index (κ1) is 24.0. The molecule has 188 valence electrons. The largest absolute Gasteiger partial charge is 0.452 e. The number of benzene rings is 1. The highest BCUT2D eigenvalue weighted by atomic mass is 16.5. The highest BCUT2D eigenvalue weighted by Gasteiger charge is 2.53. The van der Waals surface area contributed by atoms with E-state index in [4.69, 9.17) is 4.74 Å². The molecule has 0 unspecified atom stereocenters. The Bertz CT molecular complexity index is 1030. The Balaban J connectivity index is 1.17. The Labute approximate surface area is 207 Å². The van der Waals surface area contributed by atoms with Crippen molar-refractivity contribution in [3.05, 3.63) is 34.9 Å². The van der Waals surface area contributed by atoms with Gasteiger partial charge >= 0.3 is 5.97 Å². The minimum Gasteiger partial charge on any atom is -0.452 e. The molecule has 4 saturated carbocycles. The molecule has 0 spiro atoms. The highest BCUT2D eigenvalue weighted by Crippen LogP contribution is 2.61. The van der Waals surface area contributed by atoms with Crippen LogP contribution in [0.1, 0.15) is 96.8 Å². The fourth-order valence-corrected chi connectivity index (χ4v) is 7.37. The van der Waals surface area contributed by atoms with Gasteiger partial charge in [-0.05, 0) is 99.2 Å². The number of imide groups is 1. The molecule has 4 bridgehead atoms. The van der Waals surface area contributed by atoms with Crippen LogP contribution in [0.3, 0.4) is 0 Å². The molecular formula is C28H36N2O5. The van der Waals surface area contributed by atoms with E-state index in [1.54, 1.807) is 0 Å². The number of amides is 3. The Hall–Kier alpha value is -2.70. The average molecular weight is 481 g/mol. The molecule has 1 aliphatic heterocycles. The number of fused-ring (bicyclic) bond motifs is 1. The van der Waals surface area contributed by atoms with Crippen LogP contribution in [0, 0.1) is 29.1 Å². The summed E-state index contributed by atoms with van der Waals surface area (Å²) in [6.45, 7) is 6.16. The van der Waals surface area contributed by atoms with Crippen LogP contribution in [-0.4, -0.2) is 47.8 Å². The Morgan fingerprint density at radius 1 is 1.00 bits per heavy atom. The van der Waals surface area contributed by atoms with Gasteiger partial charge in [0.1, 0.15) is 0 Å². The van der Waals surface area contributed by atoms with Gasteiger partial charge in [0.05, 0.1) is 16.7 Å². The molecule has 7 nitrogen and oxygen atoms in total. The molecule has 4 fully saturated rings. The summed E-state index contributed by atoms with van der Waals surface area (Å²) >= 11 is 0. The van der Waals surface area contributed by atoms with Crippen molar-refractivity contribution in [3.63, 3.8) is 0 Å². The first-order chi connectivity index (χ1) is 16.6. The van der Waals surface area contributed by atoms with E-state index in [2.05, 4.69) is 12.2 Å². The van der Waals surface area contributed by atoms with E-state index in [0.717, 1.165) is 24.2 Å². The summed E-state index contributed by atoms with van der Waals surface area (Å²) in [5.74, 6) is 1.07. The van der Waals surface area contributed by atoms with Crippen molar-refractivity contribution >= 4 is 23.7 Å². The molecule has 0 radical (unpaired) electrons. The second-order valence-electron chi connectivity index (χ2n) is 11.9. The molecule has 1 N–H and O–H groups in total. The number of nitrogens with zero attached hydrogens (tertiary/aromatic N) is 1. The molecule has 1 aromatic rings. The molecule has 7 heteroatoms. The summed E-state index contributed by atoms with van der Waals surface area (Å²) in [4.78, 5) is 51.8. The Morgan fingerprint density at radius 2 is 1.60 bits per heavy atom. The number of hydrogen-bond donors (Lipinski definition) is 1. The smallest absolute Gasteiger partial charge is 0.338 e. The minimum absolute atomic E-state index is 0.0579. The topological polar surface area (TPSA) is 92.8 Å². The molecule has 1 atom stereocenters. The fraction of sp³-hybridized carbons (Fsp3) is 0.643. The lowest BCUT2D eigenvalue weighted by Gasteiger charge is -2.59. The van der Waals surface area contributed by atoms with Gasteiger partial charge in [0.25, 0.3) is 17.7 Å². The third-order valence-electron chi connectivity index (χ3n) is 8.85. The van der Waals surface area contributed by atoms with Crippen LogP contribution in [0.5, 0.6) is 0 Å². The van der Waals surface area contributed by atoms with E-state index in [1.807, 2.05) is 13.8 Å². The maximum atomic E-state index is 12.7. The van der Waals surface area contributed by atoms with Gasteiger partial charge in [0, 0.05) is 12.6 Å². The van der Waals surface area contributed by atoms with Crippen molar-refractivity contribution in [2.75, 3.05) is 13.2 Å². The number of ether oxygens (including phenoxy) is 1. The molecule has 5 aliphatic rings. The summed E-state index contributed by atoms with van der Waals surface area (Å²) < 4.78 is 5.28. The molecule has 35 heavy (non-hydrogen) atoms. The van der Waals surface area contributed by atoms with Crippen LogP contribution in [-0.2, 0) is 9.53 Å². The lowest BCUT2D eigenvalue weighted by molar-refractivity contribution is -0.128. The first-order valence-corrected chi connectivity index (χ1v) is 13.1. The second kappa shape index (κ2) is 9.07. The van der Waals surface area contributed by atoms with Crippen molar-refractivity contribution in [2.45, 2.75) is 71.8 Å². The first-order valence-electron chi connectivity index (χ1n) is 13.1.